The summed E-state index contributed by atoms with van der Waals surface area (Å²) in [6.45, 7) is -5.10. The Morgan fingerprint density at radius 3 is 1.16 bits per heavy atom. The quantitative estimate of drug-likeness (QED) is 0.118. The van der Waals surface area contributed by atoms with Crippen LogP contribution >= 0.6 is 11.8 Å². The molecule has 2 N–H and O–H groups in total. The van der Waals surface area contributed by atoms with Gasteiger partial charge in [-0.1, -0.05) is 0 Å². The molecule has 0 aromatic carbocycles. The fourth-order valence-electron chi connectivity index (χ4n) is 2.61. The van der Waals surface area contributed by atoms with Gasteiger partial charge in [0.2, 0.25) is 5.91 Å². The van der Waals surface area contributed by atoms with E-state index in [0.717, 1.165) is 0 Å². The minimum Gasteiger partial charge on any atom is -0.480 e. The Bertz CT molecular complexity index is 1030. The lowest BCUT2D eigenvalue weighted by molar-refractivity contribution is -0.469. The van der Waals surface area contributed by atoms with E-state index in [1.54, 1.807) is 5.32 Å². The van der Waals surface area contributed by atoms with E-state index in [-0.39, 0.29) is 11.8 Å². The fraction of sp³-hybridized carbons (Fsp3) is 0.889. The summed E-state index contributed by atoms with van der Waals surface area (Å²) in [7, 11) is 0. The van der Waals surface area contributed by atoms with Crippen LogP contribution in [0.25, 0.3) is 0 Å². The van der Waals surface area contributed by atoms with Gasteiger partial charge in [-0.25, -0.2) is 4.39 Å². The molecule has 1 amide bonds. The van der Waals surface area contributed by atoms with Gasteiger partial charge in [0, 0.05) is 18.6 Å². The number of halogens is 21. The van der Waals surface area contributed by atoms with Gasteiger partial charge in [-0.15, -0.1) is 0 Å². The predicted molar refractivity (Wildman–Crippen MR) is 103 cm³/mol. The summed E-state index contributed by atoms with van der Waals surface area (Å²) in [6, 6.07) is 0. The smallest absolute Gasteiger partial charge is 0.385 e. The van der Waals surface area contributed by atoms with Gasteiger partial charge in [0.15, 0.2) is 6.67 Å². The summed E-state index contributed by atoms with van der Waals surface area (Å²) >= 11 is -0.0648. The number of nitrogens with one attached hydrogen (secondary N) is 1. The molecule has 0 saturated carbocycles. The summed E-state index contributed by atoms with van der Waals surface area (Å²) in [5.74, 6) is -88.8. The second-order valence-corrected chi connectivity index (χ2v) is 9.65. The van der Waals surface area contributed by atoms with Crippen LogP contribution in [-0.4, -0.2) is 101 Å². The van der Waals surface area contributed by atoms with Crippen molar-refractivity contribution in [2.45, 2.75) is 72.1 Å². The van der Waals surface area contributed by atoms with E-state index in [0.29, 0.717) is 0 Å². The molecule has 0 saturated heterocycles. The highest BCUT2D eigenvalue weighted by molar-refractivity contribution is 7.99. The van der Waals surface area contributed by atoms with Crippen LogP contribution in [0.2, 0.25) is 0 Å². The summed E-state index contributed by atoms with van der Waals surface area (Å²) in [5, 5.41) is 9.97. The van der Waals surface area contributed by atoms with E-state index < -0.39 is 109 Å². The van der Waals surface area contributed by atoms with Crippen molar-refractivity contribution in [3.8, 4) is 0 Å². The van der Waals surface area contributed by atoms with E-state index in [4.69, 9.17) is 5.11 Å². The van der Waals surface area contributed by atoms with Crippen LogP contribution in [0.1, 0.15) is 12.8 Å². The van der Waals surface area contributed by atoms with Gasteiger partial charge in [0.05, 0.1) is 0 Å². The maximum atomic E-state index is 13.8. The molecule has 0 radical (unpaired) electrons. The summed E-state index contributed by atoms with van der Waals surface area (Å²) < 4.78 is 283. The Balaban J connectivity index is 6.34. The molecule has 0 bridgehead atoms. The lowest BCUT2D eigenvalue weighted by atomic mass is 9.85. The van der Waals surface area contributed by atoms with Crippen LogP contribution in [0.5, 0.6) is 0 Å². The Hall–Kier alpha value is -2.18. The molecule has 0 aliphatic carbocycles. The van der Waals surface area contributed by atoms with Crippen LogP contribution in [0.3, 0.4) is 0 Å². The first-order valence-corrected chi connectivity index (χ1v) is 11.7. The Labute approximate surface area is 233 Å². The normalized spacial score (nSPS) is 15.4. The first-order valence-electron chi connectivity index (χ1n) is 10.5. The molecule has 0 rings (SSSR count). The number of aliphatic carboxylic acids is 1. The summed E-state index contributed by atoms with van der Waals surface area (Å²) in [6.07, 6.45) is -3.56. The third-order valence-electron chi connectivity index (χ3n) is 5.32. The van der Waals surface area contributed by atoms with E-state index in [9.17, 15) is 102 Å². The zero-order chi connectivity index (χ0) is 35.8. The largest absolute Gasteiger partial charge is 0.480 e. The summed E-state index contributed by atoms with van der Waals surface area (Å²) in [5.41, 5.74) is 0. The zero-order valence-corrected chi connectivity index (χ0v) is 21.2. The molecule has 0 aromatic rings. The molecule has 0 fully saturated rings. The molecular formula is C18H14F21NO3S. The highest BCUT2D eigenvalue weighted by Crippen LogP contribution is 2.66. The molecule has 0 heterocycles. The molecule has 0 aromatic heterocycles. The second-order valence-electron chi connectivity index (χ2n) is 8.42. The number of carboxylic acid groups (broad SMARTS) is 1. The molecular weight excluding hydrogens is 709 g/mol. The second kappa shape index (κ2) is 12.5. The molecule has 262 valence electrons. The fourth-order valence-corrected chi connectivity index (χ4v) is 3.55. The predicted octanol–water partition coefficient (Wildman–Crippen LogP) is 7.02. The number of hydrogen-bond donors (Lipinski definition) is 2. The van der Waals surface area contributed by atoms with Gasteiger partial charge >= 0.3 is 65.2 Å². The Kier molecular flexibility index (Phi) is 11.9. The average Bonchev–Trinajstić information content (AvgIpc) is 2.85. The number of alkyl halides is 21. The number of carboxylic acids is 1. The number of carbonyl (C=O) groups is 2. The third kappa shape index (κ3) is 6.54. The van der Waals surface area contributed by atoms with Crippen LogP contribution in [0.15, 0.2) is 0 Å². The van der Waals surface area contributed by atoms with E-state index in [1.807, 2.05) is 0 Å². The first kappa shape index (κ1) is 41.8. The van der Waals surface area contributed by atoms with Crippen LogP contribution in [0.4, 0.5) is 92.2 Å². The van der Waals surface area contributed by atoms with Crippen molar-refractivity contribution in [3.05, 3.63) is 0 Å². The van der Waals surface area contributed by atoms with E-state index >= 15 is 0 Å². The van der Waals surface area contributed by atoms with Gasteiger partial charge in [0.25, 0.3) is 0 Å². The molecule has 0 unspecified atom stereocenters. The lowest BCUT2D eigenvalue weighted by Gasteiger charge is -2.45. The molecule has 0 aliphatic heterocycles. The van der Waals surface area contributed by atoms with Crippen molar-refractivity contribution >= 4 is 23.6 Å². The minimum atomic E-state index is -9.17. The first-order chi connectivity index (χ1) is 19.1. The highest BCUT2D eigenvalue weighted by atomic mass is 32.2. The van der Waals surface area contributed by atoms with Crippen molar-refractivity contribution < 1.29 is 107 Å². The SMILES string of the molecule is O=C(O)CNC(=O)CCSCCC(F)(F)C(F)(F)C(F)(F)C(F)(F)C(F)(F)C(F)(F)C(F)(F)C(F)(F)C(F)(F)C(F)(F)CF. The number of carbonyl (C=O) groups excluding carboxylic acids is 1. The van der Waals surface area contributed by atoms with Gasteiger partial charge in [-0.05, 0) is 5.75 Å². The topological polar surface area (TPSA) is 66.4 Å². The molecule has 44 heavy (non-hydrogen) atoms. The maximum Gasteiger partial charge on any atom is 0.385 e. The highest BCUT2D eigenvalue weighted by Gasteiger charge is 2.97. The van der Waals surface area contributed by atoms with Crippen LogP contribution < -0.4 is 5.32 Å². The lowest BCUT2D eigenvalue weighted by Crippen LogP contribution is -2.77. The van der Waals surface area contributed by atoms with Gasteiger partial charge < -0.3 is 10.4 Å². The molecule has 0 atom stereocenters. The maximum absolute atomic E-state index is 13.8. The number of amides is 1. The van der Waals surface area contributed by atoms with Crippen molar-refractivity contribution in [3.63, 3.8) is 0 Å². The number of rotatable bonds is 18. The molecule has 4 nitrogen and oxygen atoms in total. The molecule has 26 heteroatoms. The van der Waals surface area contributed by atoms with Gasteiger partial charge in [0.1, 0.15) is 6.54 Å². The van der Waals surface area contributed by atoms with Gasteiger partial charge in [-0.2, -0.15) is 99.6 Å². The average molecular weight is 723 g/mol. The van der Waals surface area contributed by atoms with E-state index in [1.165, 1.54) is 0 Å². The molecule has 0 aliphatic rings. The Morgan fingerprint density at radius 1 is 0.523 bits per heavy atom. The third-order valence-corrected chi connectivity index (χ3v) is 6.30. The van der Waals surface area contributed by atoms with Crippen molar-refractivity contribution in [2.75, 3.05) is 24.7 Å². The monoisotopic (exact) mass is 723 g/mol. The van der Waals surface area contributed by atoms with Crippen molar-refractivity contribution in [1.82, 2.24) is 5.32 Å². The van der Waals surface area contributed by atoms with Gasteiger partial charge in [-0.3, -0.25) is 9.59 Å². The van der Waals surface area contributed by atoms with Crippen LogP contribution in [-0.2, 0) is 9.59 Å². The number of thioether (sulfide) groups is 1. The van der Waals surface area contributed by atoms with Crippen LogP contribution in [0, 0.1) is 0 Å². The van der Waals surface area contributed by atoms with Crippen molar-refractivity contribution in [1.29, 1.82) is 0 Å². The zero-order valence-electron chi connectivity index (χ0n) is 20.4. The van der Waals surface area contributed by atoms with E-state index in [2.05, 4.69) is 0 Å². The Morgan fingerprint density at radius 2 is 0.841 bits per heavy atom. The summed E-state index contributed by atoms with van der Waals surface area (Å²) in [4.78, 5) is 21.4. The minimum absolute atomic E-state index is 0.0648. The number of hydrogen-bond acceptors (Lipinski definition) is 3. The standard InChI is InChI=1S/C18H14F21NO3S/c19-6-10(22,23)12(26,27)14(30,31)16(34,35)18(38,39)17(36,37)15(32,33)13(28,29)11(24,25)9(20,21)2-4-44-3-1-7(41)40-5-8(42)43/h1-6H2,(H,40,41)(H,42,43). The van der Waals surface area contributed by atoms with Crippen molar-refractivity contribution in [2.24, 2.45) is 0 Å². The molecule has 0 spiro atoms.